The van der Waals surface area contributed by atoms with Crippen molar-refractivity contribution in [1.29, 1.82) is 0 Å². The SMILES string of the molecule is CCCC1NC(=O)CN(C2CCCN(CC)C2)C1=O. The van der Waals surface area contributed by atoms with Crippen molar-refractivity contribution in [2.75, 3.05) is 26.2 Å². The lowest BCUT2D eigenvalue weighted by molar-refractivity contribution is -0.148. The van der Waals surface area contributed by atoms with E-state index in [1.165, 1.54) is 0 Å². The summed E-state index contributed by atoms with van der Waals surface area (Å²) < 4.78 is 0. The smallest absolute Gasteiger partial charge is 0.245 e. The van der Waals surface area contributed by atoms with E-state index in [9.17, 15) is 9.59 Å². The highest BCUT2D eigenvalue weighted by Gasteiger charge is 2.37. The Hall–Kier alpha value is -1.10. The number of carbonyl (C=O) groups is 2. The molecule has 19 heavy (non-hydrogen) atoms. The Kier molecular flexibility index (Phi) is 4.80. The van der Waals surface area contributed by atoms with Crippen LogP contribution < -0.4 is 5.32 Å². The number of rotatable bonds is 4. The van der Waals surface area contributed by atoms with Gasteiger partial charge in [0.25, 0.3) is 0 Å². The molecule has 0 saturated carbocycles. The summed E-state index contributed by atoms with van der Waals surface area (Å²) in [5.74, 6) is 0.107. The highest BCUT2D eigenvalue weighted by molar-refractivity contribution is 5.95. The first-order chi connectivity index (χ1) is 9.15. The Bertz CT molecular complexity index is 346. The lowest BCUT2D eigenvalue weighted by Crippen LogP contribution is -2.62. The Labute approximate surface area is 115 Å². The molecule has 5 heteroatoms. The summed E-state index contributed by atoms with van der Waals surface area (Å²) in [5, 5.41) is 2.82. The number of nitrogens with zero attached hydrogens (tertiary/aromatic N) is 2. The van der Waals surface area contributed by atoms with Crippen molar-refractivity contribution in [2.45, 2.75) is 51.6 Å². The average Bonchev–Trinajstić information content (AvgIpc) is 2.43. The molecule has 0 bridgehead atoms. The normalized spacial score (nSPS) is 29.5. The van der Waals surface area contributed by atoms with Crippen LogP contribution in [0.25, 0.3) is 0 Å². The first-order valence-electron chi connectivity index (χ1n) is 7.47. The quantitative estimate of drug-likeness (QED) is 0.811. The fraction of sp³-hybridized carbons (Fsp3) is 0.857. The molecule has 0 aliphatic carbocycles. The second-order valence-electron chi connectivity index (χ2n) is 5.56. The van der Waals surface area contributed by atoms with E-state index in [1.54, 1.807) is 0 Å². The highest BCUT2D eigenvalue weighted by Crippen LogP contribution is 2.19. The zero-order valence-electron chi connectivity index (χ0n) is 12.0. The summed E-state index contributed by atoms with van der Waals surface area (Å²) in [7, 11) is 0. The largest absolute Gasteiger partial charge is 0.343 e. The first kappa shape index (κ1) is 14.3. The molecule has 2 unspecified atom stereocenters. The van der Waals surface area contributed by atoms with Crippen molar-refractivity contribution in [3.8, 4) is 0 Å². The van der Waals surface area contributed by atoms with Crippen LogP contribution in [-0.2, 0) is 9.59 Å². The minimum atomic E-state index is -0.303. The van der Waals surface area contributed by atoms with Gasteiger partial charge in [-0.25, -0.2) is 0 Å². The molecule has 108 valence electrons. The van der Waals surface area contributed by atoms with Crippen molar-refractivity contribution < 1.29 is 9.59 Å². The van der Waals surface area contributed by atoms with Gasteiger partial charge >= 0.3 is 0 Å². The maximum absolute atomic E-state index is 12.4. The summed E-state index contributed by atoms with van der Waals surface area (Å²) >= 11 is 0. The van der Waals surface area contributed by atoms with Gasteiger partial charge < -0.3 is 15.1 Å². The Morgan fingerprint density at radius 1 is 1.32 bits per heavy atom. The Morgan fingerprint density at radius 2 is 2.11 bits per heavy atom. The van der Waals surface area contributed by atoms with Gasteiger partial charge in [-0.1, -0.05) is 20.3 Å². The minimum absolute atomic E-state index is 0.00771. The van der Waals surface area contributed by atoms with Crippen molar-refractivity contribution >= 4 is 11.8 Å². The first-order valence-corrected chi connectivity index (χ1v) is 7.47. The van der Waals surface area contributed by atoms with Crippen molar-refractivity contribution in [3.05, 3.63) is 0 Å². The maximum atomic E-state index is 12.4. The summed E-state index contributed by atoms with van der Waals surface area (Å²) in [5.41, 5.74) is 0. The van der Waals surface area contributed by atoms with Gasteiger partial charge in [0.05, 0.1) is 6.54 Å². The lowest BCUT2D eigenvalue weighted by Gasteiger charge is -2.42. The van der Waals surface area contributed by atoms with E-state index in [2.05, 4.69) is 17.1 Å². The van der Waals surface area contributed by atoms with E-state index in [0.717, 1.165) is 45.3 Å². The van der Waals surface area contributed by atoms with Crippen LogP contribution in [0.2, 0.25) is 0 Å². The number of hydrogen-bond acceptors (Lipinski definition) is 3. The van der Waals surface area contributed by atoms with Crippen molar-refractivity contribution in [1.82, 2.24) is 15.1 Å². The molecule has 2 heterocycles. The third kappa shape index (κ3) is 3.26. The molecule has 2 aliphatic heterocycles. The number of piperidine rings is 1. The number of carbonyl (C=O) groups excluding carboxylic acids is 2. The molecule has 1 N–H and O–H groups in total. The van der Waals surface area contributed by atoms with Gasteiger partial charge in [0.2, 0.25) is 11.8 Å². The standard InChI is InChI=1S/C14H25N3O2/c1-3-6-12-14(19)17(10-13(18)15-12)11-7-5-8-16(4-2)9-11/h11-12H,3-10H2,1-2H3,(H,15,18). The van der Waals surface area contributed by atoms with Crippen LogP contribution in [0.4, 0.5) is 0 Å². The molecular weight excluding hydrogens is 242 g/mol. The van der Waals surface area contributed by atoms with Crippen LogP contribution in [0, 0.1) is 0 Å². The van der Waals surface area contributed by atoms with Crippen LogP contribution in [0.1, 0.15) is 39.5 Å². The van der Waals surface area contributed by atoms with Crippen LogP contribution in [-0.4, -0.2) is 59.9 Å². The fourth-order valence-corrected chi connectivity index (χ4v) is 3.10. The molecule has 2 aliphatic rings. The van der Waals surface area contributed by atoms with Crippen LogP contribution in [0.15, 0.2) is 0 Å². The average molecular weight is 267 g/mol. The maximum Gasteiger partial charge on any atom is 0.245 e. The number of piperazine rings is 1. The molecule has 0 spiro atoms. The highest BCUT2D eigenvalue weighted by atomic mass is 16.2. The number of hydrogen-bond donors (Lipinski definition) is 1. The van der Waals surface area contributed by atoms with E-state index in [0.29, 0.717) is 0 Å². The third-order valence-electron chi connectivity index (χ3n) is 4.18. The Morgan fingerprint density at radius 3 is 2.79 bits per heavy atom. The second-order valence-corrected chi connectivity index (χ2v) is 5.56. The van der Waals surface area contributed by atoms with E-state index >= 15 is 0 Å². The zero-order chi connectivity index (χ0) is 13.8. The number of likely N-dealkylation sites (tertiary alicyclic amines) is 1. The molecule has 0 aromatic carbocycles. The van der Waals surface area contributed by atoms with Gasteiger partial charge in [-0.2, -0.15) is 0 Å². The third-order valence-corrected chi connectivity index (χ3v) is 4.18. The molecule has 0 radical (unpaired) electrons. The molecule has 2 amide bonds. The number of amides is 2. The van der Waals surface area contributed by atoms with E-state index in [1.807, 2.05) is 11.8 Å². The van der Waals surface area contributed by atoms with Gasteiger partial charge in [0.15, 0.2) is 0 Å². The van der Waals surface area contributed by atoms with Gasteiger partial charge in [0, 0.05) is 12.6 Å². The minimum Gasteiger partial charge on any atom is -0.343 e. The molecule has 2 saturated heterocycles. The predicted octanol–water partition coefficient (Wildman–Crippen LogP) is 0.598. The lowest BCUT2D eigenvalue weighted by atomic mass is 10.00. The number of likely N-dealkylation sites (N-methyl/N-ethyl adjacent to an activating group) is 1. The molecule has 2 atom stereocenters. The molecule has 0 aromatic rings. The molecule has 2 rings (SSSR count). The summed E-state index contributed by atoms with van der Waals surface area (Å²) in [6.07, 6.45) is 3.79. The van der Waals surface area contributed by atoms with Crippen LogP contribution in [0.5, 0.6) is 0 Å². The molecular formula is C14H25N3O2. The van der Waals surface area contributed by atoms with Crippen LogP contribution >= 0.6 is 0 Å². The van der Waals surface area contributed by atoms with Gasteiger partial charge in [-0.05, 0) is 32.4 Å². The molecule has 5 nitrogen and oxygen atoms in total. The Balaban J connectivity index is 2.04. The van der Waals surface area contributed by atoms with Gasteiger partial charge in [0.1, 0.15) is 6.04 Å². The van der Waals surface area contributed by atoms with E-state index in [4.69, 9.17) is 0 Å². The van der Waals surface area contributed by atoms with Crippen LogP contribution in [0.3, 0.4) is 0 Å². The monoisotopic (exact) mass is 267 g/mol. The van der Waals surface area contributed by atoms with E-state index < -0.39 is 0 Å². The summed E-state index contributed by atoms with van der Waals surface area (Å²) in [6.45, 7) is 7.46. The van der Waals surface area contributed by atoms with Gasteiger partial charge in [-0.15, -0.1) is 0 Å². The second kappa shape index (κ2) is 6.37. The zero-order valence-corrected chi connectivity index (χ0v) is 12.0. The summed E-state index contributed by atoms with van der Waals surface area (Å²) in [4.78, 5) is 28.4. The molecule has 0 aromatic heterocycles. The fourth-order valence-electron chi connectivity index (χ4n) is 3.10. The van der Waals surface area contributed by atoms with Crippen molar-refractivity contribution in [3.63, 3.8) is 0 Å². The van der Waals surface area contributed by atoms with Crippen molar-refractivity contribution in [2.24, 2.45) is 0 Å². The van der Waals surface area contributed by atoms with E-state index in [-0.39, 0.29) is 30.4 Å². The molecule has 2 fully saturated rings. The topological polar surface area (TPSA) is 52.7 Å². The predicted molar refractivity (Wildman–Crippen MR) is 73.7 cm³/mol. The number of nitrogens with one attached hydrogen (secondary N) is 1. The van der Waals surface area contributed by atoms with Gasteiger partial charge in [-0.3, -0.25) is 9.59 Å². The summed E-state index contributed by atoms with van der Waals surface area (Å²) in [6, 6.07) is -0.0881.